The molecule has 0 bridgehead atoms. The van der Waals surface area contributed by atoms with Gasteiger partial charge in [0, 0.05) is 12.0 Å². The van der Waals surface area contributed by atoms with Gasteiger partial charge in [0.15, 0.2) is 5.65 Å². The minimum atomic E-state index is -3.58. The molecule has 2 rings (SSSR count). The largest absolute Gasteiger partial charge is 0.368 e. The van der Waals surface area contributed by atoms with Gasteiger partial charge in [-0.25, -0.2) is 18.7 Å². The fourth-order valence-electron chi connectivity index (χ4n) is 2.15. The van der Waals surface area contributed by atoms with Gasteiger partial charge < -0.3 is 19.5 Å². The second kappa shape index (κ2) is 8.61. The number of ether oxygens (including phenoxy) is 1. The van der Waals surface area contributed by atoms with Gasteiger partial charge in [0.25, 0.3) is 6.43 Å². The van der Waals surface area contributed by atoms with Gasteiger partial charge in [-0.3, -0.25) is 4.57 Å². The fourth-order valence-corrected chi connectivity index (χ4v) is 3.54. The van der Waals surface area contributed by atoms with Crippen molar-refractivity contribution in [3.05, 3.63) is 18.1 Å². The summed E-state index contributed by atoms with van der Waals surface area (Å²) in [5.41, 5.74) is 6.35. The highest BCUT2D eigenvalue weighted by Crippen LogP contribution is 2.48. The number of aromatic nitrogens is 4. The third-order valence-electron chi connectivity index (χ3n) is 3.20. The zero-order chi connectivity index (χ0) is 18.4. The number of nitrogens with zero attached hydrogens (tertiary/aromatic N) is 4. The average Bonchev–Trinajstić information content (AvgIpc) is 2.96. The highest BCUT2D eigenvalue weighted by atomic mass is 31.2. The number of fused-ring (bicyclic) bond motifs is 1. The van der Waals surface area contributed by atoms with Gasteiger partial charge in [-0.05, 0) is 13.8 Å². The topological polar surface area (TPSA) is 114 Å². The second-order valence-electron chi connectivity index (χ2n) is 4.96. The number of rotatable bonds is 10. The minimum absolute atomic E-state index is 0.0861. The summed E-state index contributed by atoms with van der Waals surface area (Å²) >= 11 is 0. The second-order valence-corrected chi connectivity index (χ2v) is 6.95. The molecule has 1 unspecified atom stereocenters. The Labute approximate surface area is 143 Å². The molecular formula is C13H20F2N5O4P. The van der Waals surface area contributed by atoms with Crippen LogP contribution in [0.3, 0.4) is 0 Å². The minimum Gasteiger partial charge on any atom is -0.368 e. The van der Waals surface area contributed by atoms with Crippen LogP contribution in [0, 0.1) is 0 Å². The summed E-state index contributed by atoms with van der Waals surface area (Å²) < 4.78 is 55.5. The van der Waals surface area contributed by atoms with E-state index >= 15 is 0 Å². The van der Waals surface area contributed by atoms with E-state index in [0.29, 0.717) is 11.2 Å². The Balaban J connectivity index is 2.12. The number of nitrogen functional groups attached to an aromatic ring is 1. The first-order valence-corrected chi connectivity index (χ1v) is 9.34. The summed E-state index contributed by atoms with van der Waals surface area (Å²) in [4.78, 5) is 7.75. The molecule has 2 aromatic rings. The van der Waals surface area contributed by atoms with Crippen LogP contribution >= 0.6 is 7.60 Å². The molecule has 0 aliphatic carbocycles. The van der Waals surface area contributed by atoms with Crippen LogP contribution in [0.15, 0.2) is 12.5 Å². The normalized spacial score (nSPS) is 13.6. The monoisotopic (exact) mass is 379 g/mol. The third kappa shape index (κ3) is 4.91. The molecule has 25 heavy (non-hydrogen) atoms. The number of anilines is 1. The van der Waals surface area contributed by atoms with E-state index in [1.54, 1.807) is 13.8 Å². The molecule has 2 heterocycles. The highest BCUT2D eigenvalue weighted by Gasteiger charge is 2.30. The first kappa shape index (κ1) is 19.6. The first-order chi connectivity index (χ1) is 11.9. The lowest BCUT2D eigenvalue weighted by atomic mass is 10.1. The molecule has 2 N–H and O–H groups in total. The standard InChI is InChI=1S/C13H20F2N5O4P/c1-3-23-25(21,24-4-2)8-22-10(11(14)15)5-9-6-19-20-12(9)17-7-18-13(20)16/h6-7,10-11H,3-5,8H2,1-2H3,(H2,16,17,18). The van der Waals surface area contributed by atoms with Crippen molar-refractivity contribution in [1.82, 2.24) is 19.6 Å². The number of hydrogen-bond donors (Lipinski definition) is 1. The Morgan fingerprint density at radius 2 is 1.96 bits per heavy atom. The van der Waals surface area contributed by atoms with Crippen LogP contribution in [-0.4, -0.2) is 51.7 Å². The van der Waals surface area contributed by atoms with Crippen LogP contribution in [0.25, 0.3) is 5.65 Å². The summed E-state index contributed by atoms with van der Waals surface area (Å²) in [5.74, 6) is 0.0861. The summed E-state index contributed by atoms with van der Waals surface area (Å²) in [6.07, 6.45) is -2.53. The molecule has 2 aromatic heterocycles. The highest BCUT2D eigenvalue weighted by molar-refractivity contribution is 7.53. The fraction of sp³-hybridized carbons (Fsp3) is 0.615. The molecule has 0 fully saturated rings. The zero-order valence-corrected chi connectivity index (χ0v) is 14.7. The van der Waals surface area contributed by atoms with E-state index in [0.717, 1.165) is 0 Å². The van der Waals surface area contributed by atoms with E-state index in [1.807, 2.05) is 0 Å². The Morgan fingerprint density at radius 1 is 1.28 bits per heavy atom. The molecule has 0 radical (unpaired) electrons. The maximum atomic E-state index is 13.3. The van der Waals surface area contributed by atoms with Crippen molar-refractivity contribution in [2.24, 2.45) is 0 Å². The number of halogens is 2. The summed E-state index contributed by atoms with van der Waals surface area (Å²) in [7, 11) is -3.58. The SMILES string of the molecule is CCOP(=O)(COC(Cc1cnn2c(N)ncnc12)C(F)F)OCC. The van der Waals surface area contributed by atoms with Crippen LogP contribution in [-0.2, 0) is 24.8 Å². The molecule has 0 amide bonds. The Hall–Kier alpha value is -1.68. The summed E-state index contributed by atoms with van der Waals surface area (Å²) in [6.45, 7) is 3.48. The van der Waals surface area contributed by atoms with E-state index in [2.05, 4.69) is 15.1 Å². The smallest absolute Gasteiger partial charge is 0.356 e. The van der Waals surface area contributed by atoms with E-state index in [9.17, 15) is 13.3 Å². The maximum absolute atomic E-state index is 13.3. The van der Waals surface area contributed by atoms with E-state index in [-0.39, 0.29) is 25.6 Å². The molecule has 0 saturated heterocycles. The lowest BCUT2D eigenvalue weighted by Gasteiger charge is -2.21. The van der Waals surface area contributed by atoms with Crippen molar-refractivity contribution < 1.29 is 27.1 Å². The van der Waals surface area contributed by atoms with E-state index < -0.39 is 26.5 Å². The maximum Gasteiger partial charge on any atom is 0.356 e. The molecular weight excluding hydrogens is 359 g/mol. The molecule has 0 aliphatic heterocycles. The first-order valence-electron chi connectivity index (χ1n) is 7.61. The molecule has 9 nitrogen and oxygen atoms in total. The van der Waals surface area contributed by atoms with Crippen LogP contribution in [0.4, 0.5) is 14.7 Å². The number of alkyl halides is 2. The quantitative estimate of drug-likeness (QED) is 0.625. The average molecular weight is 379 g/mol. The lowest BCUT2D eigenvalue weighted by molar-refractivity contribution is -0.0443. The van der Waals surface area contributed by atoms with E-state index in [1.165, 1.54) is 17.0 Å². The summed E-state index contributed by atoms with van der Waals surface area (Å²) in [5, 5.41) is 3.96. The van der Waals surface area contributed by atoms with Crippen molar-refractivity contribution in [3.63, 3.8) is 0 Å². The molecule has 0 saturated carbocycles. The Bertz CT molecular complexity index is 734. The van der Waals surface area contributed by atoms with Crippen LogP contribution in [0.5, 0.6) is 0 Å². The Morgan fingerprint density at radius 3 is 2.56 bits per heavy atom. The van der Waals surface area contributed by atoms with Crippen molar-refractivity contribution in [3.8, 4) is 0 Å². The predicted octanol–water partition coefficient (Wildman–Crippen LogP) is 2.12. The van der Waals surface area contributed by atoms with Crippen molar-refractivity contribution in [1.29, 1.82) is 0 Å². The molecule has 0 aliphatic rings. The van der Waals surface area contributed by atoms with Crippen molar-refractivity contribution >= 4 is 19.2 Å². The zero-order valence-electron chi connectivity index (χ0n) is 13.8. The van der Waals surface area contributed by atoms with Crippen molar-refractivity contribution in [2.45, 2.75) is 32.8 Å². The van der Waals surface area contributed by atoms with E-state index in [4.69, 9.17) is 19.5 Å². The van der Waals surface area contributed by atoms with Gasteiger partial charge in [-0.1, -0.05) is 0 Å². The van der Waals surface area contributed by atoms with Gasteiger partial charge in [0.05, 0.1) is 19.4 Å². The van der Waals surface area contributed by atoms with Crippen LogP contribution in [0.2, 0.25) is 0 Å². The third-order valence-corrected chi connectivity index (χ3v) is 4.97. The van der Waals surface area contributed by atoms with Gasteiger partial charge in [0.2, 0.25) is 5.95 Å². The van der Waals surface area contributed by atoms with Gasteiger partial charge in [-0.15, -0.1) is 0 Å². The molecule has 140 valence electrons. The molecule has 1 atom stereocenters. The van der Waals surface area contributed by atoms with Gasteiger partial charge in [-0.2, -0.15) is 9.61 Å². The number of nitrogens with two attached hydrogens (primary N) is 1. The molecule has 12 heteroatoms. The summed E-state index contributed by atoms with van der Waals surface area (Å²) in [6, 6.07) is 0. The van der Waals surface area contributed by atoms with Gasteiger partial charge in [0.1, 0.15) is 18.8 Å². The number of hydrogen-bond acceptors (Lipinski definition) is 8. The van der Waals surface area contributed by atoms with Crippen LogP contribution < -0.4 is 5.73 Å². The van der Waals surface area contributed by atoms with Crippen molar-refractivity contribution in [2.75, 3.05) is 25.3 Å². The van der Waals surface area contributed by atoms with Gasteiger partial charge >= 0.3 is 7.60 Å². The Kier molecular flexibility index (Phi) is 6.77. The molecule has 0 aromatic carbocycles. The lowest BCUT2D eigenvalue weighted by Crippen LogP contribution is -2.26. The predicted molar refractivity (Wildman–Crippen MR) is 85.5 cm³/mol. The van der Waals surface area contributed by atoms with Crippen LogP contribution in [0.1, 0.15) is 19.4 Å². The molecule has 0 spiro atoms.